The van der Waals surface area contributed by atoms with Crippen molar-refractivity contribution in [2.24, 2.45) is 34.5 Å². The summed E-state index contributed by atoms with van der Waals surface area (Å²) in [4.78, 5) is 11.1. The van der Waals surface area contributed by atoms with Crippen LogP contribution in [0.2, 0.25) is 0 Å². The van der Waals surface area contributed by atoms with Crippen LogP contribution in [0.4, 0.5) is 0 Å². The summed E-state index contributed by atoms with van der Waals surface area (Å²) >= 11 is 0. The molecule has 0 aromatic carbocycles. The van der Waals surface area contributed by atoms with E-state index in [9.17, 15) is 0 Å². The molecule has 0 aromatic heterocycles. The molecule has 0 amide bonds. The van der Waals surface area contributed by atoms with Gasteiger partial charge in [-0.05, 0) is 100.0 Å². The van der Waals surface area contributed by atoms with Crippen LogP contribution in [0.1, 0.15) is 78.1 Å². The Hall–Kier alpha value is -0.160. The normalized spacial score (nSPS) is 47.6. The van der Waals surface area contributed by atoms with Gasteiger partial charge in [0.1, 0.15) is 0 Å². The van der Waals surface area contributed by atoms with Gasteiger partial charge in [-0.2, -0.15) is 0 Å². The highest BCUT2D eigenvalue weighted by molar-refractivity contribution is 5.14. The average molecular weight is 457 g/mol. The highest BCUT2D eigenvalue weighted by Crippen LogP contribution is 2.68. The predicted molar refractivity (Wildman–Crippen MR) is 137 cm³/mol. The molecule has 0 aromatic rings. The molecule has 6 rings (SSSR count). The lowest BCUT2D eigenvalue weighted by molar-refractivity contribution is -0.104. The van der Waals surface area contributed by atoms with E-state index in [1.165, 1.54) is 104 Å². The summed E-state index contributed by atoms with van der Waals surface area (Å²) in [5, 5.41) is 0. The Morgan fingerprint density at radius 3 is 1.91 bits per heavy atom. The molecule has 0 N–H and O–H groups in total. The van der Waals surface area contributed by atoms with Crippen LogP contribution >= 0.6 is 0 Å². The molecular weight excluding hydrogens is 404 g/mol. The first-order valence-corrected chi connectivity index (χ1v) is 14.7. The van der Waals surface area contributed by atoms with E-state index in [1.54, 1.807) is 12.8 Å². The van der Waals surface area contributed by atoms with Gasteiger partial charge < -0.3 is 9.80 Å². The molecule has 188 valence electrons. The minimum absolute atomic E-state index is 0.334. The second-order valence-corrected chi connectivity index (χ2v) is 14.0. The minimum atomic E-state index is 0.334. The Morgan fingerprint density at radius 1 is 0.636 bits per heavy atom. The zero-order valence-electron chi connectivity index (χ0n) is 22.3. The highest BCUT2D eigenvalue weighted by Gasteiger charge is 2.64. The van der Waals surface area contributed by atoms with E-state index < -0.39 is 0 Å². The van der Waals surface area contributed by atoms with E-state index in [2.05, 4.69) is 47.5 Å². The number of hydrogen-bond donors (Lipinski definition) is 0. The lowest BCUT2D eigenvalue weighted by Gasteiger charge is -2.60. The van der Waals surface area contributed by atoms with Gasteiger partial charge in [-0.15, -0.1) is 0 Å². The average Bonchev–Trinajstić information content (AvgIpc) is 3.14. The van der Waals surface area contributed by atoms with Gasteiger partial charge in [0, 0.05) is 52.4 Å². The van der Waals surface area contributed by atoms with E-state index in [-0.39, 0.29) is 0 Å². The maximum absolute atomic E-state index is 3.00. The molecule has 2 aliphatic heterocycles. The van der Waals surface area contributed by atoms with Crippen LogP contribution in [0.25, 0.3) is 0 Å². The zero-order chi connectivity index (χ0) is 22.8. The van der Waals surface area contributed by atoms with Crippen molar-refractivity contribution in [3.05, 3.63) is 0 Å². The van der Waals surface area contributed by atoms with Crippen LogP contribution < -0.4 is 0 Å². The molecule has 0 bridgehead atoms. The molecule has 0 spiro atoms. The van der Waals surface area contributed by atoms with Crippen molar-refractivity contribution in [1.82, 2.24) is 19.6 Å². The SMILES string of the molecule is CN1CCN(C2(N3CCN(C)CC3)C[C@H]3[C@@H]4CCC5CCCC[C@]5(C)[C@@H]4CC[C@]3(C)C2)CC1. The Kier molecular flexibility index (Phi) is 5.96. The Labute approximate surface area is 204 Å². The van der Waals surface area contributed by atoms with Crippen LogP contribution in [0.3, 0.4) is 0 Å². The molecule has 4 heteroatoms. The minimum Gasteiger partial charge on any atom is -0.304 e. The topological polar surface area (TPSA) is 13.0 Å². The predicted octanol–water partition coefficient (Wildman–Crippen LogP) is 4.61. The Bertz CT molecular complexity index is 686. The number of rotatable bonds is 2. The van der Waals surface area contributed by atoms with Crippen LogP contribution in [-0.2, 0) is 0 Å². The summed E-state index contributed by atoms with van der Waals surface area (Å²) in [5.41, 5.74) is 1.56. The summed E-state index contributed by atoms with van der Waals surface area (Å²) < 4.78 is 0. The van der Waals surface area contributed by atoms with Crippen molar-refractivity contribution in [2.75, 3.05) is 66.5 Å². The van der Waals surface area contributed by atoms with Crippen molar-refractivity contribution in [1.29, 1.82) is 0 Å². The quantitative estimate of drug-likeness (QED) is 0.601. The van der Waals surface area contributed by atoms with E-state index in [4.69, 9.17) is 0 Å². The Morgan fingerprint density at radius 2 is 1.27 bits per heavy atom. The van der Waals surface area contributed by atoms with Crippen molar-refractivity contribution in [2.45, 2.75) is 83.7 Å². The van der Waals surface area contributed by atoms with Crippen LogP contribution in [0, 0.1) is 34.5 Å². The molecule has 6 atom stereocenters. The van der Waals surface area contributed by atoms with Gasteiger partial charge in [-0.1, -0.05) is 26.7 Å². The van der Waals surface area contributed by atoms with E-state index >= 15 is 0 Å². The summed E-state index contributed by atoms with van der Waals surface area (Å²) in [6.07, 6.45) is 15.1. The smallest absolute Gasteiger partial charge is 0.0747 e. The molecule has 6 fully saturated rings. The third-order valence-corrected chi connectivity index (χ3v) is 12.5. The van der Waals surface area contributed by atoms with Crippen molar-refractivity contribution in [3.63, 3.8) is 0 Å². The van der Waals surface area contributed by atoms with Crippen molar-refractivity contribution < 1.29 is 0 Å². The molecule has 33 heavy (non-hydrogen) atoms. The summed E-state index contributed by atoms with van der Waals surface area (Å²) in [6.45, 7) is 15.6. The molecule has 4 nitrogen and oxygen atoms in total. The van der Waals surface area contributed by atoms with Gasteiger partial charge in [-0.3, -0.25) is 9.80 Å². The lowest BCUT2D eigenvalue weighted by atomic mass is 9.45. The van der Waals surface area contributed by atoms with Gasteiger partial charge in [0.25, 0.3) is 0 Å². The van der Waals surface area contributed by atoms with Crippen molar-refractivity contribution in [3.8, 4) is 0 Å². The highest BCUT2D eigenvalue weighted by atomic mass is 15.5. The maximum Gasteiger partial charge on any atom is 0.0747 e. The summed E-state index contributed by atoms with van der Waals surface area (Å²) in [6, 6.07) is 0. The van der Waals surface area contributed by atoms with E-state index in [0.29, 0.717) is 16.5 Å². The second-order valence-electron chi connectivity index (χ2n) is 14.0. The first-order chi connectivity index (χ1) is 15.8. The second kappa shape index (κ2) is 8.46. The number of fused-ring (bicyclic) bond motifs is 5. The van der Waals surface area contributed by atoms with Crippen LogP contribution in [0.15, 0.2) is 0 Å². The third kappa shape index (κ3) is 3.67. The molecule has 4 aliphatic carbocycles. The monoisotopic (exact) mass is 456 g/mol. The standard InChI is InChI=1S/C29H52N4/c1-27-12-10-25-24(9-8-23-7-5-6-11-28(23,25)2)26(27)21-29(22-27,32-17-13-30(3)14-18-32)33-19-15-31(4)16-20-33/h23-26H,5-22H2,1-4H3/t23?,24-,25-,26+,27-,28+/m1/s1. The summed E-state index contributed by atoms with van der Waals surface area (Å²) in [7, 11) is 4.65. The van der Waals surface area contributed by atoms with Gasteiger partial charge in [-0.25, -0.2) is 0 Å². The molecule has 2 heterocycles. The van der Waals surface area contributed by atoms with Gasteiger partial charge in [0.05, 0.1) is 5.66 Å². The van der Waals surface area contributed by atoms with E-state index in [0.717, 1.165) is 23.7 Å². The molecule has 2 saturated heterocycles. The van der Waals surface area contributed by atoms with Crippen LogP contribution in [0.5, 0.6) is 0 Å². The molecule has 6 aliphatic rings. The van der Waals surface area contributed by atoms with Gasteiger partial charge >= 0.3 is 0 Å². The summed E-state index contributed by atoms with van der Waals surface area (Å²) in [5.74, 6) is 4.02. The van der Waals surface area contributed by atoms with Gasteiger partial charge in [0.2, 0.25) is 0 Å². The number of likely N-dealkylation sites (N-methyl/N-ethyl adjacent to an activating group) is 2. The first-order valence-electron chi connectivity index (χ1n) is 14.7. The largest absolute Gasteiger partial charge is 0.304 e. The van der Waals surface area contributed by atoms with Gasteiger partial charge in [0.15, 0.2) is 0 Å². The number of nitrogens with zero attached hydrogens (tertiary/aromatic N) is 4. The first kappa shape index (κ1) is 23.3. The maximum atomic E-state index is 3.00. The zero-order valence-corrected chi connectivity index (χ0v) is 22.3. The molecule has 0 radical (unpaired) electrons. The third-order valence-electron chi connectivity index (χ3n) is 12.5. The fraction of sp³-hybridized carbons (Fsp3) is 1.00. The van der Waals surface area contributed by atoms with Crippen LogP contribution in [-0.4, -0.2) is 91.7 Å². The fourth-order valence-corrected chi connectivity index (χ4v) is 10.5. The Balaban J connectivity index is 1.31. The van der Waals surface area contributed by atoms with Crippen molar-refractivity contribution >= 4 is 0 Å². The lowest BCUT2D eigenvalue weighted by Crippen LogP contribution is -2.66. The van der Waals surface area contributed by atoms with E-state index in [1.807, 2.05) is 0 Å². The molecular formula is C29H52N4. The fourth-order valence-electron chi connectivity index (χ4n) is 10.5. The number of piperazine rings is 2. The molecule has 4 saturated carbocycles. The molecule has 1 unspecified atom stereocenters. The number of hydrogen-bond acceptors (Lipinski definition) is 4.